The molecule has 1 atom stereocenters. The molecule has 23 heavy (non-hydrogen) atoms. The molecule has 0 aliphatic carbocycles. The van der Waals surface area contributed by atoms with Gasteiger partial charge in [0.1, 0.15) is 0 Å². The fourth-order valence-corrected chi connectivity index (χ4v) is 2.77. The standard InChI is InChI=1S/C15H25F3N4O/c1-12(2)13-9-21(11-15(16,17)18)7-8-22(13)10-14(23)20(3)6-4-5-19/h12-13H,4,6-11H2,1-3H3/t13-/m1/s1. The smallest absolute Gasteiger partial charge is 0.344 e. The van der Waals surface area contributed by atoms with Crippen molar-refractivity contribution in [3.63, 3.8) is 0 Å². The van der Waals surface area contributed by atoms with Gasteiger partial charge in [-0.15, -0.1) is 0 Å². The largest absolute Gasteiger partial charge is 0.401 e. The van der Waals surface area contributed by atoms with E-state index in [0.717, 1.165) is 0 Å². The van der Waals surface area contributed by atoms with Crippen LogP contribution < -0.4 is 0 Å². The number of hydrogen-bond donors (Lipinski definition) is 0. The van der Waals surface area contributed by atoms with Crippen LogP contribution in [0.1, 0.15) is 20.3 Å². The molecule has 0 aromatic carbocycles. The first-order valence-corrected chi connectivity index (χ1v) is 7.78. The van der Waals surface area contributed by atoms with Crippen molar-refractivity contribution >= 4 is 5.91 Å². The molecule has 1 amide bonds. The van der Waals surface area contributed by atoms with E-state index in [-0.39, 0.29) is 30.8 Å². The van der Waals surface area contributed by atoms with Gasteiger partial charge in [-0.2, -0.15) is 18.4 Å². The van der Waals surface area contributed by atoms with E-state index in [4.69, 9.17) is 5.26 Å². The van der Waals surface area contributed by atoms with Crippen LogP contribution in [0.5, 0.6) is 0 Å². The molecule has 0 saturated carbocycles. The lowest BCUT2D eigenvalue weighted by molar-refractivity contribution is -0.154. The third kappa shape index (κ3) is 6.75. The summed E-state index contributed by atoms with van der Waals surface area (Å²) < 4.78 is 37.7. The van der Waals surface area contributed by atoms with Gasteiger partial charge in [-0.05, 0) is 5.92 Å². The molecule has 0 unspecified atom stereocenters. The molecular weight excluding hydrogens is 309 g/mol. The van der Waals surface area contributed by atoms with Crippen molar-refractivity contribution in [1.29, 1.82) is 5.26 Å². The summed E-state index contributed by atoms with van der Waals surface area (Å²) in [5.74, 6) is 0.0541. The molecule has 1 heterocycles. The van der Waals surface area contributed by atoms with Gasteiger partial charge in [-0.3, -0.25) is 14.6 Å². The van der Waals surface area contributed by atoms with Gasteiger partial charge in [-0.25, -0.2) is 0 Å². The molecule has 1 saturated heterocycles. The van der Waals surface area contributed by atoms with Gasteiger partial charge in [0.25, 0.3) is 0 Å². The van der Waals surface area contributed by atoms with Gasteiger partial charge in [0, 0.05) is 39.3 Å². The second kappa shape index (κ2) is 8.50. The number of nitriles is 1. The lowest BCUT2D eigenvalue weighted by Gasteiger charge is -2.43. The van der Waals surface area contributed by atoms with E-state index in [0.29, 0.717) is 26.2 Å². The highest BCUT2D eigenvalue weighted by Crippen LogP contribution is 2.22. The highest BCUT2D eigenvalue weighted by Gasteiger charge is 2.36. The van der Waals surface area contributed by atoms with Crippen molar-refractivity contribution in [2.45, 2.75) is 32.5 Å². The lowest BCUT2D eigenvalue weighted by atomic mass is 9.99. The maximum Gasteiger partial charge on any atom is 0.401 e. The van der Waals surface area contributed by atoms with Crippen molar-refractivity contribution in [2.24, 2.45) is 5.92 Å². The second-order valence-electron chi connectivity index (χ2n) is 6.36. The molecule has 0 bridgehead atoms. The van der Waals surface area contributed by atoms with Gasteiger partial charge >= 0.3 is 6.18 Å². The summed E-state index contributed by atoms with van der Waals surface area (Å²) in [7, 11) is 1.64. The number of hydrogen-bond acceptors (Lipinski definition) is 4. The van der Waals surface area contributed by atoms with Crippen molar-refractivity contribution in [1.82, 2.24) is 14.7 Å². The van der Waals surface area contributed by atoms with Crippen molar-refractivity contribution in [2.75, 3.05) is 46.3 Å². The topological polar surface area (TPSA) is 50.6 Å². The minimum Gasteiger partial charge on any atom is -0.344 e. The zero-order chi connectivity index (χ0) is 17.6. The van der Waals surface area contributed by atoms with E-state index in [1.165, 1.54) is 9.80 Å². The SMILES string of the molecule is CC(C)[C@H]1CN(CC(F)(F)F)CCN1CC(=O)N(C)CCC#N. The third-order valence-electron chi connectivity index (χ3n) is 4.11. The molecule has 1 aliphatic rings. The Balaban J connectivity index is 2.62. The number of nitrogens with zero attached hydrogens (tertiary/aromatic N) is 4. The number of likely N-dealkylation sites (N-methyl/N-ethyl adjacent to an activating group) is 1. The maximum absolute atomic E-state index is 12.6. The summed E-state index contributed by atoms with van der Waals surface area (Å²) in [5, 5.41) is 8.56. The monoisotopic (exact) mass is 334 g/mol. The van der Waals surface area contributed by atoms with Gasteiger partial charge < -0.3 is 4.90 Å². The Morgan fingerprint density at radius 3 is 2.57 bits per heavy atom. The van der Waals surface area contributed by atoms with Crippen LogP contribution in [0.2, 0.25) is 0 Å². The summed E-state index contributed by atoms with van der Waals surface area (Å²) in [6, 6.07) is 1.91. The molecule has 0 radical (unpaired) electrons. The van der Waals surface area contributed by atoms with Crippen LogP contribution in [0.3, 0.4) is 0 Å². The Hall–Kier alpha value is -1.33. The lowest BCUT2D eigenvalue weighted by Crippen LogP contribution is -2.58. The van der Waals surface area contributed by atoms with E-state index >= 15 is 0 Å². The Labute approximate surface area is 135 Å². The van der Waals surface area contributed by atoms with Gasteiger partial charge in [0.15, 0.2) is 0 Å². The normalized spacial score (nSPS) is 20.5. The number of halogens is 3. The number of piperazine rings is 1. The highest BCUT2D eigenvalue weighted by molar-refractivity contribution is 5.78. The Bertz CT molecular complexity index is 433. The third-order valence-corrected chi connectivity index (χ3v) is 4.11. The van der Waals surface area contributed by atoms with Crippen LogP contribution in [-0.4, -0.2) is 79.1 Å². The summed E-state index contributed by atoms with van der Waals surface area (Å²) in [6.07, 6.45) is -3.92. The molecule has 1 rings (SSSR count). The minimum absolute atomic E-state index is 0.0839. The molecule has 8 heteroatoms. The van der Waals surface area contributed by atoms with Crippen LogP contribution >= 0.6 is 0 Å². The zero-order valence-electron chi connectivity index (χ0n) is 13.9. The van der Waals surface area contributed by atoms with Crippen LogP contribution in [0.25, 0.3) is 0 Å². The minimum atomic E-state index is -4.20. The molecule has 1 aliphatic heterocycles. The molecule has 1 fully saturated rings. The average molecular weight is 334 g/mol. The first kappa shape index (κ1) is 19.7. The van der Waals surface area contributed by atoms with Crippen LogP contribution in [0.4, 0.5) is 13.2 Å². The number of rotatable bonds is 6. The fraction of sp³-hybridized carbons (Fsp3) is 0.867. The molecule has 0 aromatic rings. The number of carbonyl (C=O) groups excluding carboxylic acids is 1. The summed E-state index contributed by atoms with van der Waals surface area (Å²) in [6.45, 7) is 4.62. The van der Waals surface area contributed by atoms with E-state index in [1.807, 2.05) is 24.8 Å². The number of carbonyl (C=O) groups is 1. The Morgan fingerprint density at radius 2 is 2.04 bits per heavy atom. The summed E-state index contributed by atoms with van der Waals surface area (Å²) in [4.78, 5) is 17.0. The second-order valence-corrected chi connectivity index (χ2v) is 6.36. The van der Waals surface area contributed by atoms with E-state index in [9.17, 15) is 18.0 Å². The molecule has 0 aromatic heterocycles. The summed E-state index contributed by atoms with van der Waals surface area (Å²) >= 11 is 0. The molecular formula is C15H25F3N4O. The predicted octanol–water partition coefficient (Wildman–Crippen LogP) is 1.56. The van der Waals surface area contributed by atoms with Gasteiger partial charge in [0.05, 0.1) is 25.6 Å². The van der Waals surface area contributed by atoms with Crippen LogP contribution in [-0.2, 0) is 4.79 Å². The van der Waals surface area contributed by atoms with Crippen LogP contribution in [0, 0.1) is 17.2 Å². The Morgan fingerprint density at radius 1 is 1.39 bits per heavy atom. The van der Waals surface area contributed by atoms with Crippen molar-refractivity contribution < 1.29 is 18.0 Å². The Kier molecular flexibility index (Phi) is 7.29. The zero-order valence-corrected chi connectivity index (χ0v) is 13.9. The van der Waals surface area contributed by atoms with E-state index < -0.39 is 12.7 Å². The van der Waals surface area contributed by atoms with E-state index in [2.05, 4.69) is 0 Å². The average Bonchev–Trinajstić information content (AvgIpc) is 2.44. The first-order valence-electron chi connectivity index (χ1n) is 7.78. The number of alkyl halides is 3. The fourth-order valence-electron chi connectivity index (χ4n) is 2.77. The van der Waals surface area contributed by atoms with Gasteiger partial charge in [0.2, 0.25) is 5.91 Å². The molecule has 132 valence electrons. The van der Waals surface area contributed by atoms with Crippen molar-refractivity contribution in [3.05, 3.63) is 0 Å². The van der Waals surface area contributed by atoms with Crippen molar-refractivity contribution in [3.8, 4) is 6.07 Å². The van der Waals surface area contributed by atoms with Crippen LogP contribution in [0.15, 0.2) is 0 Å². The summed E-state index contributed by atoms with van der Waals surface area (Å²) in [5.41, 5.74) is 0. The van der Waals surface area contributed by atoms with E-state index in [1.54, 1.807) is 7.05 Å². The predicted molar refractivity (Wildman–Crippen MR) is 80.6 cm³/mol. The quantitative estimate of drug-likeness (QED) is 0.740. The molecule has 5 nitrogen and oxygen atoms in total. The maximum atomic E-state index is 12.6. The molecule has 0 N–H and O–H groups in total. The van der Waals surface area contributed by atoms with Gasteiger partial charge in [-0.1, -0.05) is 13.8 Å². The highest BCUT2D eigenvalue weighted by atomic mass is 19.4. The molecule has 0 spiro atoms. The first-order chi connectivity index (χ1) is 10.6. The number of amides is 1.